The number of hydrogen-bond donors (Lipinski definition) is 2. The summed E-state index contributed by atoms with van der Waals surface area (Å²) in [5, 5.41) is 10.0. The van der Waals surface area contributed by atoms with Crippen LogP contribution in [0.1, 0.15) is 18.6 Å². The first-order chi connectivity index (χ1) is 15.9. The SMILES string of the molecule is CC(Oc1cc2cc(F)ccc2nc1N)c1cc2c(cnn2CC(N)=O)cc1-n1cccn1. The van der Waals surface area contributed by atoms with E-state index in [0.717, 1.165) is 22.2 Å². The first-order valence-electron chi connectivity index (χ1n) is 10.2. The predicted molar refractivity (Wildman–Crippen MR) is 121 cm³/mol. The van der Waals surface area contributed by atoms with Gasteiger partial charge < -0.3 is 16.2 Å². The summed E-state index contributed by atoms with van der Waals surface area (Å²) in [6.45, 7) is 1.81. The number of pyridine rings is 1. The number of aromatic nitrogens is 5. The van der Waals surface area contributed by atoms with Crippen molar-refractivity contribution >= 4 is 33.5 Å². The van der Waals surface area contributed by atoms with Gasteiger partial charge in [-0.25, -0.2) is 14.1 Å². The van der Waals surface area contributed by atoms with Crippen LogP contribution in [0.5, 0.6) is 5.75 Å². The van der Waals surface area contributed by atoms with Crippen molar-refractivity contribution < 1.29 is 13.9 Å². The fourth-order valence-corrected chi connectivity index (χ4v) is 3.83. The Morgan fingerprint density at radius 1 is 1.18 bits per heavy atom. The lowest BCUT2D eigenvalue weighted by molar-refractivity contribution is -0.118. The average molecular weight is 445 g/mol. The Kier molecular flexibility index (Phi) is 4.89. The number of carbonyl (C=O) groups is 1. The number of rotatable bonds is 6. The summed E-state index contributed by atoms with van der Waals surface area (Å²) >= 11 is 0. The number of anilines is 1. The van der Waals surface area contributed by atoms with Crippen LogP contribution in [0, 0.1) is 5.82 Å². The second-order valence-corrected chi connectivity index (χ2v) is 7.66. The van der Waals surface area contributed by atoms with E-state index >= 15 is 0 Å². The van der Waals surface area contributed by atoms with Crippen LogP contribution >= 0.6 is 0 Å². The molecule has 2 aromatic carbocycles. The van der Waals surface area contributed by atoms with Gasteiger partial charge in [-0.1, -0.05) is 0 Å². The van der Waals surface area contributed by atoms with E-state index in [1.807, 2.05) is 31.3 Å². The second kappa shape index (κ2) is 7.90. The van der Waals surface area contributed by atoms with Crippen molar-refractivity contribution in [2.45, 2.75) is 19.6 Å². The molecular weight excluding hydrogens is 425 g/mol. The standard InChI is InChI=1S/C23H20FN7O2/c1-13(33-21-9-14-7-16(24)3-4-18(14)29-23(21)26)17-10-19-15(11-28-31(19)12-22(25)32)8-20(17)30-6-2-5-27-30/h2-11,13H,12H2,1H3,(H2,25,32)(H2,26,29). The number of nitrogen functional groups attached to an aromatic ring is 1. The van der Waals surface area contributed by atoms with Crippen molar-refractivity contribution in [1.29, 1.82) is 0 Å². The zero-order valence-electron chi connectivity index (χ0n) is 17.6. The van der Waals surface area contributed by atoms with E-state index < -0.39 is 12.0 Å². The minimum atomic E-state index is -0.499. The van der Waals surface area contributed by atoms with Gasteiger partial charge in [0, 0.05) is 28.7 Å². The van der Waals surface area contributed by atoms with E-state index in [0.29, 0.717) is 16.7 Å². The lowest BCUT2D eigenvalue weighted by Crippen LogP contribution is -2.19. The molecule has 9 nitrogen and oxygen atoms in total. The van der Waals surface area contributed by atoms with Crippen LogP contribution in [0.3, 0.4) is 0 Å². The van der Waals surface area contributed by atoms with Gasteiger partial charge in [0.2, 0.25) is 5.91 Å². The summed E-state index contributed by atoms with van der Waals surface area (Å²) < 4.78 is 23.2. The molecule has 5 rings (SSSR count). The van der Waals surface area contributed by atoms with Crippen LogP contribution in [0.15, 0.2) is 61.1 Å². The number of primary amides is 1. The van der Waals surface area contributed by atoms with Crippen molar-refractivity contribution in [2.75, 3.05) is 5.73 Å². The molecule has 0 aliphatic carbocycles. The molecule has 0 bridgehead atoms. The maximum absolute atomic E-state index is 13.7. The molecule has 4 N–H and O–H groups in total. The maximum Gasteiger partial charge on any atom is 0.239 e. The lowest BCUT2D eigenvalue weighted by Gasteiger charge is -2.20. The largest absolute Gasteiger partial charge is 0.482 e. The predicted octanol–water partition coefficient (Wildman–Crippen LogP) is 3.12. The van der Waals surface area contributed by atoms with Crippen LogP contribution in [-0.2, 0) is 11.3 Å². The van der Waals surface area contributed by atoms with Crippen LogP contribution < -0.4 is 16.2 Å². The maximum atomic E-state index is 13.7. The lowest BCUT2D eigenvalue weighted by atomic mass is 10.1. The molecule has 3 heterocycles. The molecule has 1 unspecified atom stereocenters. The Labute approximate surface area is 187 Å². The normalized spacial score (nSPS) is 12.3. The van der Waals surface area contributed by atoms with Crippen molar-refractivity contribution in [3.8, 4) is 11.4 Å². The van der Waals surface area contributed by atoms with Gasteiger partial charge >= 0.3 is 0 Å². The van der Waals surface area contributed by atoms with E-state index in [-0.39, 0.29) is 18.2 Å². The van der Waals surface area contributed by atoms with Gasteiger partial charge in [0.15, 0.2) is 11.6 Å². The Balaban J connectivity index is 1.60. The zero-order valence-corrected chi connectivity index (χ0v) is 17.6. The van der Waals surface area contributed by atoms with Gasteiger partial charge in [-0.05, 0) is 49.4 Å². The Bertz CT molecular complexity index is 1490. The molecule has 0 aliphatic rings. The third-order valence-corrected chi connectivity index (χ3v) is 5.36. The molecule has 3 aromatic heterocycles. The Morgan fingerprint density at radius 2 is 2.03 bits per heavy atom. The number of amides is 1. The van der Waals surface area contributed by atoms with E-state index in [9.17, 15) is 9.18 Å². The highest BCUT2D eigenvalue weighted by Crippen LogP contribution is 2.33. The Hall–Kier alpha value is -4.47. The summed E-state index contributed by atoms with van der Waals surface area (Å²) in [7, 11) is 0. The molecule has 1 atom stereocenters. The summed E-state index contributed by atoms with van der Waals surface area (Å²) in [6.07, 6.45) is 4.66. The van der Waals surface area contributed by atoms with E-state index in [4.69, 9.17) is 16.2 Å². The molecule has 33 heavy (non-hydrogen) atoms. The fourth-order valence-electron chi connectivity index (χ4n) is 3.83. The molecule has 0 radical (unpaired) electrons. The van der Waals surface area contributed by atoms with Gasteiger partial charge in [-0.3, -0.25) is 9.48 Å². The number of hydrogen-bond acceptors (Lipinski definition) is 6. The minimum absolute atomic E-state index is 0.0492. The van der Waals surface area contributed by atoms with E-state index in [1.54, 1.807) is 29.2 Å². The molecule has 1 amide bonds. The quantitative estimate of drug-likeness (QED) is 0.413. The highest BCUT2D eigenvalue weighted by molar-refractivity contribution is 5.85. The minimum Gasteiger partial charge on any atom is -0.482 e. The smallest absolute Gasteiger partial charge is 0.239 e. The third-order valence-electron chi connectivity index (χ3n) is 5.36. The number of nitrogens with two attached hydrogens (primary N) is 2. The van der Waals surface area contributed by atoms with Gasteiger partial charge in [-0.2, -0.15) is 10.2 Å². The number of fused-ring (bicyclic) bond motifs is 2. The first kappa shape index (κ1) is 20.4. The van der Waals surface area contributed by atoms with Crippen LogP contribution in [-0.4, -0.2) is 30.5 Å². The molecule has 0 spiro atoms. The van der Waals surface area contributed by atoms with Gasteiger partial charge in [0.25, 0.3) is 0 Å². The molecule has 10 heteroatoms. The molecular formula is C23H20FN7O2. The number of nitrogens with zero attached hydrogens (tertiary/aromatic N) is 5. The molecule has 0 aliphatic heterocycles. The van der Waals surface area contributed by atoms with Crippen molar-refractivity contribution in [2.24, 2.45) is 5.73 Å². The first-order valence-corrected chi connectivity index (χ1v) is 10.2. The highest BCUT2D eigenvalue weighted by atomic mass is 19.1. The van der Waals surface area contributed by atoms with Crippen LogP contribution in [0.25, 0.3) is 27.5 Å². The fraction of sp³-hybridized carbons (Fsp3) is 0.130. The third kappa shape index (κ3) is 3.82. The van der Waals surface area contributed by atoms with Gasteiger partial charge in [0.05, 0.1) is 22.9 Å². The van der Waals surface area contributed by atoms with Crippen LogP contribution in [0.2, 0.25) is 0 Å². The number of carbonyl (C=O) groups excluding carboxylic acids is 1. The van der Waals surface area contributed by atoms with Crippen molar-refractivity contribution in [1.82, 2.24) is 24.5 Å². The summed E-state index contributed by atoms with van der Waals surface area (Å²) in [4.78, 5) is 15.8. The van der Waals surface area contributed by atoms with Crippen molar-refractivity contribution in [3.63, 3.8) is 0 Å². The van der Waals surface area contributed by atoms with Gasteiger partial charge in [0.1, 0.15) is 18.5 Å². The monoisotopic (exact) mass is 445 g/mol. The average Bonchev–Trinajstić information content (AvgIpc) is 3.44. The number of benzene rings is 2. The Morgan fingerprint density at radius 3 is 2.79 bits per heavy atom. The van der Waals surface area contributed by atoms with E-state index in [2.05, 4.69) is 15.2 Å². The summed E-state index contributed by atoms with van der Waals surface area (Å²) in [5.41, 5.74) is 14.3. The molecule has 5 aromatic rings. The molecule has 166 valence electrons. The number of halogens is 1. The summed E-state index contributed by atoms with van der Waals surface area (Å²) in [6, 6.07) is 11.6. The van der Waals surface area contributed by atoms with Crippen molar-refractivity contribution in [3.05, 3.63) is 72.4 Å². The van der Waals surface area contributed by atoms with E-state index in [1.165, 1.54) is 16.8 Å². The van der Waals surface area contributed by atoms with Crippen LogP contribution in [0.4, 0.5) is 10.2 Å². The molecule has 0 saturated heterocycles. The summed E-state index contributed by atoms with van der Waals surface area (Å²) in [5.74, 6) is -0.342. The number of ether oxygens (including phenoxy) is 1. The topological polar surface area (TPSA) is 127 Å². The second-order valence-electron chi connectivity index (χ2n) is 7.66. The zero-order chi connectivity index (χ0) is 23.1. The van der Waals surface area contributed by atoms with Gasteiger partial charge in [-0.15, -0.1) is 0 Å². The molecule has 0 saturated carbocycles. The highest BCUT2D eigenvalue weighted by Gasteiger charge is 2.19. The molecule has 0 fully saturated rings.